The van der Waals surface area contributed by atoms with Crippen LogP contribution < -0.4 is 5.73 Å². The molecule has 2 N–H and O–H groups in total. The molecule has 0 aliphatic carbocycles. The van der Waals surface area contributed by atoms with Crippen molar-refractivity contribution in [3.05, 3.63) is 47.3 Å². The Hall–Kier alpha value is -1.73. The molecule has 0 bridgehead atoms. The summed E-state index contributed by atoms with van der Waals surface area (Å²) in [5.74, 6) is 0.523. The third-order valence-electron chi connectivity index (χ3n) is 3.33. The number of nitrogens with zero attached hydrogens (tertiary/aromatic N) is 3. The molecule has 0 spiro atoms. The molecule has 1 aliphatic heterocycles. The Kier molecular flexibility index (Phi) is 4.03. The highest BCUT2D eigenvalue weighted by molar-refractivity contribution is 7.99. The average Bonchev–Trinajstić information content (AvgIpc) is 2.96. The highest BCUT2D eigenvalue weighted by Crippen LogP contribution is 2.30. The lowest BCUT2D eigenvalue weighted by Crippen LogP contribution is -2.04. The number of hydrogen-bond donors (Lipinski definition) is 1. The molecule has 3 rings (SSSR count). The first-order chi connectivity index (χ1) is 10.2. The van der Waals surface area contributed by atoms with Gasteiger partial charge in [0.25, 0.3) is 0 Å². The van der Waals surface area contributed by atoms with Gasteiger partial charge in [0.05, 0.1) is 17.6 Å². The van der Waals surface area contributed by atoms with E-state index in [-0.39, 0.29) is 12.1 Å². The van der Waals surface area contributed by atoms with Gasteiger partial charge in [-0.15, -0.1) is 5.10 Å². The number of rotatable bonds is 3. The van der Waals surface area contributed by atoms with E-state index < -0.39 is 11.6 Å². The lowest BCUT2D eigenvalue weighted by atomic mass is 10.0. The molecule has 0 amide bonds. The molecule has 4 nitrogen and oxygen atoms in total. The predicted octanol–water partition coefficient (Wildman–Crippen LogP) is 2.52. The van der Waals surface area contributed by atoms with Gasteiger partial charge in [-0.25, -0.2) is 13.5 Å². The first-order valence-corrected chi connectivity index (χ1v) is 7.72. The maximum atomic E-state index is 14.3. The van der Waals surface area contributed by atoms with Crippen molar-refractivity contribution in [3.63, 3.8) is 0 Å². The standard InChI is InChI=1S/C14H14F2N4S/c15-12-5-11(20-8-10(7-17)18-19-20)6-13(16)14(12)9-1-3-21-4-2-9/h1,5-6,8H,2-4,7,17H2. The maximum Gasteiger partial charge on any atom is 0.135 e. The summed E-state index contributed by atoms with van der Waals surface area (Å²) >= 11 is 1.75. The molecule has 0 fully saturated rings. The van der Waals surface area contributed by atoms with Crippen LogP contribution in [0.4, 0.5) is 8.78 Å². The molecule has 1 aromatic heterocycles. The molecule has 1 aliphatic rings. The van der Waals surface area contributed by atoms with Crippen molar-refractivity contribution in [3.8, 4) is 5.69 Å². The Labute approximate surface area is 125 Å². The van der Waals surface area contributed by atoms with Gasteiger partial charge in [-0.3, -0.25) is 0 Å². The van der Waals surface area contributed by atoms with Gasteiger partial charge in [-0.05, 0) is 17.7 Å². The van der Waals surface area contributed by atoms with Crippen molar-refractivity contribution in [2.75, 3.05) is 11.5 Å². The van der Waals surface area contributed by atoms with E-state index in [0.717, 1.165) is 17.1 Å². The molecular formula is C14H14F2N4S. The van der Waals surface area contributed by atoms with Crippen LogP contribution in [0.3, 0.4) is 0 Å². The average molecular weight is 308 g/mol. The monoisotopic (exact) mass is 308 g/mol. The summed E-state index contributed by atoms with van der Waals surface area (Å²) in [6.45, 7) is 0.230. The summed E-state index contributed by atoms with van der Waals surface area (Å²) < 4.78 is 29.9. The van der Waals surface area contributed by atoms with Crippen LogP contribution in [-0.2, 0) is 6.54 Å². The Balaban J connectivity index is 2.01. The minimum atomic E-state index is -0.576. The van der Waals surface area contributed by atoms with Gasteiger partial charge in [0.15, 0.2) is 0 Å². The van der Waals surface area contributed by atoms with Crippen LogP contribution >= 0.6 is 11.8 Å². The van der Waals surface area contributed by atoms with Gasteiger partial charge in [0, 0.05) is 30.0 Å². The first kappa shape index (κ1) is 14.2. The fourth-order valence-electron chi connectivity index (χ4n) is 2.27. The molecule has 110 valence electrons. The third kappa shape index (κ3) is 2.84. The van der Waals surface area contributed by atoms with Crippen LogP contribution in [0.5, 0.6) is 0 Å². The fourth-order valence-corrected chi connectivity index (χ4v) is 3.12. The Morgan fingerprint density at radius 1 is 1.29 bits per heavy atom. The summed E-state index contributed by atoms with van der Waals surface area (Å²) in [4.78, 5) is 0. The highest BCUT2D eigenvalue weighted by atomic mass is 32.2. The van der Waals surface area contributed by atoms with E-state index in [4.69, 9.17) is 5.73 Å². The molecule has 0 unspecified atom stereocenters. The lowest BCUT2D eigenvalue weighted by molar-refractivity contribution is 0.572. The van der Waals surface area contributed by atoms with Crippen molar-refractivity contribution < 1.29 is 8.78 Å². The number of halogens is 2. The minimum absolute atomic E-state index is 0.0678. The molecule has 0 radical (unpaired) electrons. The zero-order chi connectivity index (χ0) is 14.8. The number of benzene rings is 1. The van der Waals surface area contributed by atoms with Crippen LogP contribution in [-0.4, -0.2) is 26.5 Å². The predicted molar refractivity (Wildman–Crippen MR) is 79.1 cm³/mol. The summed E-state index contributed by atoms with van der Waals surface area (Å²) in [5.41, 5.74) is 7.11. The van der Waals surface area contributed by atoms with E-state index in [2.05, 4.69) is 10.3 Å². The van der Waals surface area contributed by atoms with Crippen molar-refractivity contribution >= 4 is 17.3 Å². The molecule has 0 saturated heterocycles. The quantitative estimate of drug-likeness (QED) is 0.946. The van der Waals surface area contributed by atoms with Crippen LogP contribution in [0.25, 0.3) is 11.3 Å². The van der Waals surface area contributed by atoms with Gasteiger partial charge in [-0.1, -0.05) is 11.3 Å². The number of nitrogens with two attached hydrogens (primary N) is 1. The van der Waals surface area contributed by atoms with Gasteiger partial charge < -0.3 is 5.73 Å². The number of aromatic nitrogens is 3. The van der Waals surface area contributed by atoms with E-state index in [9.17, 15) is 8.78 Å². The van der Waals surface area contributed by atoms with Gasteiger partial charge in [0.2, 0.25) is 0 Å². The molecule has 0 saturated carbocycles. The Bertz CT molecular complexity index is 673. The molecule has 1 aromatic carbocycles. The second-order valence-corrected chi connectivity index (χ2v) is 5.85. The zero-order valence-corrected chi connectivity index (χ0v) is 12.0. The molecule has 7 heteroatoms. The van der Waals surface area contributed by atoms with Gasteiger partial charge >= 0.3 is 0 Å². The number of hydrogen-bond acceptors (Lipinski definition) is 4. The summed E-state index contributed by atoms with van der Waals surface area (Å²) in [7, 11) is 0. The molecule has 2 aromatic rings. The Morgan fingerprint density at radius 2 is 2.05 bits per heavy atom. The second-order valence-electron chi connectivity index (χ2n) is 4.70. The smallest absolute Gasteiger partial charge is 0.135 e. The van der Waals surface area contributed by atoms with Crippen LogP contribution in [0, 0.1) is 11.6 Å². The molecule has 0 atom stereocenters. The largest absolute Gasteiger partial charge is 0.325 e. The third-order valence-corrected chi connectivity index (χ3v) is 4.22. The van der Waals surface area contributed by atoms with E-state index in [0.29, 0.717) is 17.8 Å². The normalized spacial score (nSPS) is 15.1. The lowest BCUT2D eigenvalue weighted by Gasteiger charge is -2.15. The van der Waals surface area contributed by atoms with Crippen LogP contribution in [0.15, 0.2) is 24.4 Å². The van der Waals surface area contributed by atoms with Crippen molar-refractivity contribution in [1.82, 2.24) is 15.0 Å². The first-order valence-electron chi connectivity index (χ1n) is 6.57. The van der Waals surface area contributed by atoms with Crippen molar-refractivity contribution in [2.45, 2.75) is 13.0 Å². The Morgan fingerprint density at radius 3 is 2.62 bits per heavy atom. The van der Waals surface area contributed by atoms with Crippen LogP contribution in [0.1, 0.15) is 17.7 Å². The van der Waals surface area contributed by atoms with Crippen LogP contribution in [0.2, 0.25) is 0 Å². The van der Waals surface area contributed by atoms with E-state index >= 15 is 0 Å². The zero-order valence-electron chi connectivity index (χ0n) is 11.2. The topological polar surface area (TPSA) is 56.7 Å². The highest BCUT2D eigenvalue weighted by Gasteiger charge is 2.18. The molecule has 2 heterocycles. The second kappa shape index (κ2) is 5.95. The van der Waals surface area contributed by atoms with Gasteiger partial charge in [0.1, 0.15) is 11.6 Å². The van der Waals surface area contributed by atoms with E-state index in [1.54, 1.807) is 18.0 Å². The number of thioether (sulfide) groups is 1. The summed E-state index contributed by atoms with van der Waals surface area (Å²) in [5, 5.41) is 7.63. The van der Waals surface area contributed by atoms with E-state index in [1.165, 1.54) is 16.8 Å². The summed E-state index contributed by atoms with van der Waals surface area (Å²) in [6, 6.07) is 2.55. The van der Waals surface area contributed by atoms with Crippen molar-refractivity contribution in [1.29, 1.82) is 0 Å². The fraction of sp³-hybridized carbons (Fsp3) is 0.286. The van der Waals surface area contributed by atoms with Gasteiger partial charge in [-0.2, -0.15) is 11.8 Å². The minimum Gasteiger partial charge on any atom is -0.325 e. The SMILES string of the molecule is NCc1cn(-c2cc(F)c(C3=CCSCC3)c(F)c2)nn1. The summed E-state index contributed by atoms with van der Waals surface area (Å²) in [6.07, 6.45) is 4.13. The number of allylic oxidation sites excluding steroid dienone is 1. The van der Waals surface area contributed by atoms with Crippen molar-refractivity contribution in [2.24, 2.45) is 5.73 Å². The maximum absolute atomic E-state index is 14.3. The molecular weight excluding hydrogens is 294 g/mol. The van der Waals surface area contributed by atoms with E-state index in [1.807, 2.05) is 6.08 Å². The molecule has 21 heavy (non-hydrogen) atoms.